The number of ether oxygens (including phenoxy) is 1. The van der Waals surface area contributed by atoms with Gasteiger partial charge in [0, 0.05) is 29.2 Å². The van der Waals surface area contributed by atoms with Gasteiger partial charge < -0.3 is 4.74 Å². The lowest BCUT2D eigenvalue weighted by atomic mass is 9.66. The molecule has 2 aromatic carbocycles. The maximum atomic E-state index is 6.11. The fraction of sp³-hybridized carbons (Fsp3) is 0.464. The zero-order valence-electron chi connectivity index (χ0n) is 20.5. The van der Waals surface area contributed by atoms with E-state index in [1.807, 2.05) is 12.4 Å². The van der Waals surface area contributed by atoms with Crippen LogP contribution in [0.5, 0.6) is 0 Å². The van der Waals surface area contributed by atoms with Crippen molar-refractivity contribution in [2.24, 2.45) is 0 Å². The monoisotopic (exact) mass is 509 g/mol. The van der Waals surface area contributed by atoms with Crippen LogP contribution in [0, 0.1) is 13.8 Å². The van der Waals surface area contributed by atoms with Crippen molar-refractivity contribution >= 4 is 15.9 Å². The third-order valence-electron chi connectivity index (χ3n) is 7.32. The lowest BCUT2D eigenvalue weighted by molar-refractivity contribution is 0.0500. The molecule has 0 aliphatic carbocycles. The number of benzene rings is 2. The molecule has 176 valence electrons. The van der Waals surface area contributed by atoms with Crippen LogP contribution in [-0.4, -0.2) is 29.0 Å². The molecule has 33 heavy (non-hydrogen) atoms. The molecule has 1 aromatic heterocycles. The van der Waals surface area contributed by atoms with Gasteiger partial charge in [0.05, 0.1) is 18.3 Å². The fourth-order valence-electron chi connectivity index (χ4n) is 5.87. The van der Waals surface area contributed by atoms with Crippen LogP contribution in [0.2, 0.25) is 0 Å². The van der Waals surface area contributed by atoms with Crippen LogP contribution in [0.1, 0.15) is 66.1 Å². The van der Waals surface area contributed by atoms with Gasteiger partial charge in [0.25, 0.3) is 0 Å². The molecule has 0 fully saturated rings. The van der Waals surface area contributed by atoms with Gasteiger partial charge in [-0.2, -0.15) is 5.10 Å². The number of fused-ring (bicyclic) bond motifs is 1. The highest BCUT2D eigenvalue weighted by atomic mass is 79.9. The number of H-pyrrole nitrogens is 1. The van der Waals surface area contributed by atoms with Crippen molar-refractivity contribution in [3.8, 4) is 0 Å². The molecular weight excluding hydrogens is 474 g/mol. The summed E-state index contributed by atoms with van der Waals surface area (Å²) in [6, 6.07) is 11.4. The van der Waals surface area contributed by atoms with Gasteiger partial charge >= 0.3 is 0 Å². The van der Waals surface area contributed by atoms with E-state index in [-0.39, 0.29) is 11.1 Å². The molecule has 2 unspecified atom stereocenters. The van der Waals surface area contributed by atoms with Crippen molar-refractivity contribution in [3.63, 3.8) is 0 Å². The lowest BCUT2D eigenvalue weighted by Gasteiger charge is -2.52. The maximum absolute atomic E-state index is 6.11. The van der Waals surface area contributed by atoms with Gasteiger partial charge in [-0.15, -0.1) is 0 Å². The number of hydrogen-bond donors (Lipinski definition) is 2. The average Bonchev–Trinajstić information content (AvgIpc) is 3.29. The third-order valence-corrected chi connectivity index (χ3v) is 7.77. The van der Waals surface area contributed by atoms with Crippen LogP contribution < -0.4 is 5.32 Å². The van der Waals surface area contributed by atoms with Crippen molar-refractivity contribution in [1.29, 1.82) is 0 Å². The van der Waals surface area contributed by atoms with E-state index < -0.39 is 0 Å². The van der Waals surface area contributed by atoms with Gasteiger partial charge in [-0.25, -0.2) is 0 Å². The Balaban J connectivity index is 2.06. The van der Waals surface area contributed by atoms with E-state index in [4.69, 9.17) is 4.74 Å². The van der Waals surface area contributed by atoms with Crippen molar-refractivity contribution in [1.82, 2.24) is 15.5 Å². The molecule has 4 nitrogen and oxygen atoms in total. The van der Waals surface area contributed by atoms with Crippen LogP contribution in [0.4, 0.5) is 0 Å². The highest BCUT2D eigenvalue weighted by Crippen LogP contribution is 2.46. The Morgan fingerprint density at radius 2 is 1.88 bits per heavy atom. The number of rotatable bonds is 8. The van der Waals surface area contributed by atoms with Crippen LogP contribution in [0.15, 0.2) is 47.2 Å². The number of hydrogen-bond acceptors (Lipinski definition) is 3. The van der Waals surface area contributed by atoms with Gasteiger partial charge in [-0.05, 0) is 91.1 Å². The number of aromatic amines is 1. The highest BCUT2D eigenvalue weighted by Gasteiger charge is 2.49. The van der Waals surface area contributed by atoms with Gasteiger partial charge in [0.15, 0.2) is 0 Å². The van der Waals surface area contributed by atoms with Gasteiger partial charge in [-0.1, -0.05) is 48.0 Å². The minimum Gasteiger partial charge on any atom is -0.380 e. The summed E-state index contributed by atoms with van der Waals surface area (Å²) >= 11 is 3.72. The van der Waals surface area contributed by atoms with Crippen LogP contribution in [-0.2, 0) is 29.5 Å². The smallest absolute Gasteiger partial charge is 0.0745 e. The number of nitrogens with one attached hydrogen (secondary N) is 2. The van der Waals surface area contributed by atoms with Crippen molar-refractivity contribution < 1.29 is 4.74 Å². The molecule has 1 aliphatic heterocycles. The summed E-state index contributed by atoms with van der Waals surface area (Å²) in [5.74, 6) is 0. The van der Waals surface area contributed by atoms with Crippen LogP contribution >= 0.6 is 15.9 Å². The number of aryl methyl sites for hydroxylation is 3. The topological polar surface area (TPSA) is 49.9 Å². The summed E-state index contributed by atoms with van der Waals surface area (Å²) in [7, 11) is 0. The van der Waals surface area contributed by atoms with E-state index in [2.05, 4.69) is 96.4 Å². The Labute approximate surface area is 206 Å². The Bertz CT molecular complexity index is 1090. The van der Waals surface area contributed by atoms with Crippen LogP contribution in [0.3, 0.4) is 0 Å². The number of halogens is 1. The minimum atomic E-state index is -0.384. The molecule has 5 heteroatoms. The molecule has 2 atom stereocenters. The predicted molar refractivity (Wildman–Crippen MR) is 139 cm³/mol. The molecular formula is C28H36BrN3O. The summed E-state index contributed by atoms with van der Waals surface area (Å²) in [5.41, 5.74) is 8.89. The molecule has 1 aliphatic rings. The first-order valence-electron chi connectivity index (χ1n) is 12.1. The molecule has 0 amide bonds. The Morgan fingerprint density at radius 1 is 1.12 bits per heavy atom. The second-order valence-electron chi connectivity index (χ2n) is 9.47. The summed E-state index contributed by atoms with van der Waals surface area (Å²) in [4.78, 5) is 0. The zero-order chi connectivity index (χ0) is 23.6. The Kier molecular flexibility index (Phi) is 7.13. The molecule has 0 spiro atoms. The van der Waals surface area contributed by atoms with Crippen molar-refractivity contribution in [2.75, 3.05) is 13.2 Å². The van der Waals surface area contributed by atoms with Crippen molar-refractivity contribution in [3.05, 3.63) is 86.1 Å². The highest BCUT2D eigenvalue weighted by molar-refractivity contribution is 9.10. The quantitative estimate of drug-likeness (QED) is 0.381. The second kappa shape index (κ2) is 9.73. The molecule has 2 N–H and O–H groups in total. The SMILES string of the molecule is CCOCC1(CC)Cc2c(CC)cccc2C(Cc2cn[nH]c2)(c2c(C)cc(Br)cc2C)N1. The first kappa shape index (κ1) is 24.2. The van der Waals surface area contributed by atoms with E-state index in [9.17, 15) is 0 Å². The molecule has 0 bridgehead atoms. The molecule has 0 saturated heterocycles. The second-order valence-corrected chi connectivity index (χ2v) is 10.4. The Hall–Kier alpha value is -1.95. The molecule has 3 aromatic rings. The van der Waals surface area contributed by atoms with Gasteiger partial charge in [0.2, 0.25) is 0 Å². The van der Waals surface area contributed by atoms with E-state index >= 15 is 0 Å². The maximum Gasteiger partial charge on any atom is 0.0745 e. The third kappa shape index (κ3) is 4.43. The first-order valence-corrected chi connectivity index (χ1v) is 12.9. The van der Waals surface area contributed by atoms with E-state index in [0.717, 1.165) is 36.8 Å². The fourth-order valence-corrected chi connectivity index (χ4v) is 6.55. The molecule has 4 rings (SSSR count). The van der Waals surface area contributed by atoms with E-state index in [0.29, 0.717) is 6.61 Å². The minimum absolute atomic E-state index is 0.149. The zero-order valence-corrected chi connectivity index (χ0v) is 22.1. The number of nitrogens with zero attached hydrogens (tertiary/aromatic N) is 1. The molecule has 2 heterocycles. The predicted octanol–water partition coefficient (Wildman–Crippen LogP) is 6.17. The summed E-state index contributed by atoms with van der Waals surface area (Å²) in [6.07, 6.45) is 7.80. The van der Waals surface area contributed by atoms with Crippen LogP contribution in [0.25, 0.3) is 0 Å². The largest absolute Gasteiger partial charge is 0.380 e. The average molecular weight is 511 g/mol. The normalized spacial score (nSPS) is 22.4. The Morgan fingerprint density at radius 3 is 2.48 bits per heavy atom. The number of aromatic nitrogens is 2. The molecule has 0 radical (unpaired) electrons. The summed E-state index contributed by atoms with van der Waals surface area (Å²) in [6.45, 7) is 12.5. The van der Waals surface area contributed by atoms with Gasteiger partial charge in [-0.3, -0.25) is 10.4 Å². The lowest BCUT2D eigenvalue weighted by Crippen LogP contribution is -2.64. The standard InChI is InChI=1S/C28H36BrN3O/c1-6-22-10-9-11-25-24(22)15-27(7-2,18-33-8-3)32-28(25,14-21-16-30-31-17-21)26-19(4)12-23(29)13-20(26)5/h9-13,16-17,32H,6-8,14-15,18H2,1-5H3,(H,30,31). The van der Waals surface area contributed by atoms with E-state index in [1.54, 1.807) is 0 Å². The first-order chi connectivity index (χ1) is 15.9. The molecule has 0 saturated carbocycles. The summed E-state index contributed by atoms with van der Waals surface area (Å²) in [5, 5.41) is 11.6. The van der Waals surface area contributed by atoms with E-state index in [1.165, 1.54) is 38.9 Å². The van der Waals surface area contributed by atoms with Crippen molar-refractivity contribution in [2.45, 2.75) is 71.4 Å². The summed E-state index contributed by atoms with van der Waals surface area (Å²) < 4.78 is 7.23. The van der Waals surface area contributed by atoms with Gasteiger partial charge in [0.1, 0.15) is 0 Å².